The van der Waals surface area contributed by atoms with Crippen LogP contribution in [-0.2, 0) is 4.57 Å². The molecule has 3 aliphatic carbocycles. The van der Waals surface area contributed by atoms with Gasteiger partial charge in [-0.15, -0.1) is 0 Å². The van der Waals surface area contributed by atoms with E-state index in [0.29, 0.717) is 28.6 Å². The third-order valence-corrected chi connectivity index (χ3v) is 17.5. The Morgan fingerprint density at radius 3 is 1.59 bits per heavy atom. The summed E-state index contributed by atoms with van der Waals surface area (Å²) in [5.41, 5.74) is 2.08. The fourth-order valence-corrected chi connectivity index (χ4v) is 16.4. The van der Waals surface area contributed by atoms with E-state index in [0.717, 1.165) is 0 Å². The normalized spacial score (nSPS) is 26.1. The molecule has 0 radical (unpaired) electrons. The van der Waals surface area contributed by atoms with Crippen LogP contribution >= 0.6 is 15.1 Å². The zero-order valence-corrected chi connectivity index (χ0v) is 22.9. The van der Waals surface area contributed by atoms with Gasteiger partial charge in [-0.2, -0.15) is 0 Å². The zero-order chi connectivity index (χ0) is 23.4. The van der Waals surface area contributed by atoms with E-state index in [1.54, 1.807) is 0 Å². The first-order chi connectivity index (χ1) is 16.7. The van der Waals surface area contributed by atoms with Crippen molar-refractivity contribution < 1.29 is 4.57 Å². The molecule has 0 aromatic heterocycles. The summed E-state index contributed by atoms with van der Waals surface area (Å²) >= 11 is 0. The largest absolute Gasteiger partial charge is 0.323 e. The standard InChI is InChI=1S/C31H44OP2/c1-25(34(32,28-19-10-4-11-20-28)29-21-12-5-13-22-29)30-23-14-24-31(30)33(26-15-6-2-7-16-26)27-17-8-3-9-18-27/h2-3,6-9,15-18,25,28-31H,4-5,10-14,19-24H2,1H3/t25-,30?,31+/m1/s1. The maximum atomic E-state index is 15.5. The van der Waals surface area contributed by atoms with E-state index in [2.05, 4.69) is 67.6 Å². The summed E-state index contributed by atoms with van der Waals surface area (Å²) in [6, 6.07) is 22.6. The maximum Gasteiger partial charge on any atom is 0.0965 e. The Balaban J connectivity index is 1.50. The fraction of sp³-hybridized carbons (Fsp3) is 0.613. The lowest BCUT2D eigenvalue weighted by Crippen LogP contribution is -2.36. The van der Waals surface area contributed by atoms with Gasteiger partial charge in [-0.1, -0.05) is 113 Å². The highest BCUT2D eigenvalue weighted by atomic mass is 31.2. The second-order valence-corrected chi connectivity index (χ2v) is 17.5. The van der Waals surface area contributed by atoms with Crippen molar-refractivity contribution in [2.45, 2.75) is 113 Å². The second-order valence-electron chi connectivity index (χ2n) is 11.3. The predicted octanol–water partition coefficient (Wildman–Crippen LogP) is 8.71. The Bertz CT molecular complexity index is 869. The molecule has 0 saturated heterocycles. The molecule has 0 bridgehead atoms. The Kier molecular flexibility index (Phi) is 8.34. The number of hydrogen-bond acceptors (Lipinski definition) is 1. The highest BCUT2D eigenvalue weighted by Gasteiger charge is 2.50. The molecule has 3 fully saturated rings. The molecular weight excluding hydrogens is 450 g/mol. The van der Waals surface area contributed by atoms with Crippen molar-refractivity contribution in [3.63, 3.8) is 0 Å². The van der Waals surface area contributed by atoms with Crippen LogP contribution in [0.5, 0.6) is 0 Å². The molecule has 0 heterocycles. The quantitative estimate of drug-likeness (QED) is 0.352. The van der Waals surface area contributed by atoms with Crippen LogP contribution in [0.3, 0.4) is 0 Å². The fourth-order valence-electron chi connectivity index (χ4n) is 7.79. The Morgan fingerprint density at radius 2 is 1.12 bits per heavy atom. The van der Waals surface area contributed by atoms with Gasteiger partial charge < -0.3 is 4.57 Å². The van der Waals surface area contributed by atoms with E-state index in [1.165, 1.54) is 94.1 Å². The predicted molar refractivity (Wildman–Crippen MR) is 151 cm³/mol. The molecule has 0 spiro atoms. The molecule has 3 aliphatic rings. The summed E-state index contributed by atoms with van der Waals surface area (Å²) in [6.07, 6.45) is 16.8. The van der Waals surface area contributed by atoms with E-state index in [1.807, 2.05) is 0 Å². The van der Waals surface area contributed by atoms with Crippen LogP contribution in [0, 0.1) is 5.92 Å². The molecule has 0 amide bonds. The van der Waals surface area contributed by atoms with E-state index >= 15 is 4.57 Å². The molecule has 2 aromatic rings. The van der Waals surface area contributed by atoms with Crippen molar-refractivity contribution in [1.29, 1.82) is 0 Å². The van der Waals surface area contributed by atoms with Crippen molar-refractivity contribution in [1.82, 2.24) is 0 Å². The van der Waals surface area contributed by atoms with Gasteiger partial charge in [-0.05, 0) is 68.6 Å². The zero-order valence-electron chi connectivity index (χ0n) is 21.2. The molecule has 3 saturated carbocycles. The minimum absolute atomic E-state index is 0.392. The molecule has 1 nitrogen and oxygen atoms in total. The van der Waals surface area contributed by atoms with Crippen molar-refractivity contribution in [3.8, 4) is 0 Å². The summed E-state index contributed by atoms with van der Waals surface area (Å²) in [4.78, 5) is 0. The number of benzene rings is 2. The minimum atomic E-state index is -2.26. The van der Waals surface area contributed by atoms with Crippen LogP contribution < -0.4 is 10.6 Å². The van der Waals surface area contributed by atoms with Crippen LogP contribution in [0.15, 0.2) is 60.7 Å². The van der Waals surface area contributed by atoms with Crippen LogP contribution in [0.25, 0.3) is 0 Å². The van der Waals surface area contributed by atoms with Gasteiger partial charge in [0.25, 0.3) is 0 Å². The molecule has 3 atom stereocenters. The van der Waals surface area contributed by atoms with Crippen LogP contribution in [0.4, 0.5) is 0 Å². The Morgan fingerprint density at radius 1 is 0.647 bits per heavy atom. The van der Waals surface area contributed by atoms with E-state index < -0.39 is 15.1 Å². The SMILES string of the molecule is C[C@H](C1CCC[C@@H]1P(c1ccccc1)c1ccccc1)P(=O)(C1CCCCC1)C1CCCCC1. The Hall–Kier alpha value is -0.900. The highest BCUT2D eigenvalue weighted by molar-refractivity contribution is 7.73. The molecule has 0 aliphatic heterocycles. The smallest absolute Gasteiger partial charge is 0.0965 e. The lowest BCUT2D eigenvalue weighted by atomic mass is 9.99. The van der Waals surface area contributed by atoms with Crippen molar-refractivity contribution in [3.05, 3.63) is 60.7 Å². The molecule has 0 N–H and O–H groups in total. The summed E-state index contributed by atoms with van der Waals surface area (Å²) in [5.74, 6) is 0.612. The first-order valence-corrected chi connectivity index (χ1v) is 17.5. The monoisotopic (exact) mass is 494 g/mol. The molecule has 1 unspecified atom stereocenters. The minimum Gasteiger partial charge on any atom is -0.323 e. The van der Waals surface area contributed by atoms with Gasteiger partial charge in [0.15, 0.2) is 0 Å². The molecule has 2 aromatic carbocycles. The van der Waals surface area contributed by atoms with Crippen molar-refractivity contribution in [2.24, 2.45) is 5.92 Å². The van der Waals surface area contributed by atoms with Crippen LogP contribution in [0.1, 0.15) is 90.4 Å². The van der Waals surface area contributed by atoms with Crippen molar-refractivity contribution >= 4 is 25.7 Å². The topological polar surface area (TPSA) is 17.1 Å². The van der Waals surface area contributed by atoms with Crippen LogP contribution in [0.2, 0.25) is 0 Å². The van der Waals surface area contributed by atoms with E-state index in [9.17, 15) is 0 Å². The third-order valence-electron chi connectivity index (χ3n) is 9.48. The summed E-state index contributed by atoms with van der Waals surface area (Å²) < 4.78 is 15.5. The summed E-state index contributed by atoms with van der Waals surface area (Å²) in [6.45, 7) is 2.47. The van der Waals surface area contributed by atoms with Crippen molar-refractivity contribution in [2.75, 3.05) is 0 Å². The molecular formula is C31H44OP2. The molecule has 34 heavy (non-hydrogen) atoms. The number of hydrogen-bond donors (Lipinski definition) is 0. The van der Waals surface area contributed by atoms with Gasteiger partial charge in [-0.25, -0.2) is 0 Å². The van der Waals surface area contributed by atoms with Gasteiger partial charge in [0.05, 0.1) is 7.14 Å². The third kappa shape index (κ3) is 5.00. The summed E-state index contributed by atoms with van der Waals surface area (Å²) in [5, 5.41) is 3.02. The van der Waals surface area contributed by atoms with Crippen LogP contribution in [-0.4, -0.2) is 22.6 Å². The molecule has 184 valence electrons. The lowest BCUT2D eigenvalue weighted by molar-refractivity contribution is 0.423. The summed E-state index contributed by atoms with van der Waals surface area (Å²) in [7, 11) is -2.69. The molecule has 3 heteroatoms. The lowest BCUT2D eigenvalue weighted by Gasteiger charge is -2.45. The Labute approximate surface area is 209 Å². The second kappa shape index (κ2) is 11.4. The number of rotatable bonds is 7. The first-order valence-electron chi connectivity index (χ1n) is 14.2. The van der Waals surface area contributed by atoms with Gasteiger partial charge >= 0.3 is 0 Å². The van der Waals surface area contributed by atoms with Gasteiger partial charge in [0.2, 0.25) is 0 Å². The van der Waals surface area contributed by atoms with Gasteiger partial charge in [-0.3, -0.25) is 0 Å². The molecule has 5 rings (SSSR count). The van der Waals surface area contributed by atoms with E-state index in [4.69, 9.17) is 0 Å². The average Bonchev–Trinajstić information content (AvgIpc) is 3.39. The van der Waals surface area contributed by atoms with E-state index in [-0.39, 0.29) is 0 Å². The maximum absolute atomic E-state index is 15.5. The van der Waals surface area contributed by atoms with Gasteiger partial charge in [0.1, 0.15) is 0 Å². The first kappa shape index (κ1) is 24.8. The van der Waals surface area contributed by atoms with Gasteiger partial charge in [0, 0.05) is 17.0 Å². The average molecular weight is 495 g/mol. The highest BCUT2D eigenvalue weighted by Crippen LogP contribution is 2.69.